The van der Waals surface area contributed by atoms with Crippen LogP contribution in [0.5, 0.6) is 0 Å². The van der Waals surface area contributed by atoms with Crippen molar-refractivity contribution in [1.82, 2.24) is 4.90 Å². The largest absolute Gasteiger partial charge is 0.343 e. The van der Waals surface area contributed by atoms with Gasteiger partial charge in [-0.15, -0.1) is 0 Å². The molecule has 0 aliphatic carbocycles. The van der Waals surface area contributed by atoms with Gasteiger partial charge in [0.1, 0.15) is 5.82 Å². The normalized spacial score (nSPS) is 17.2. The number of carbonyl (C=O) groups is 1. The number of amides is 1. The van der Waals surface area contributed by atoms with Gasteiger partial charge in [-0.25, -0.2) is 4.39 Å². The van der Waals surface area contributed by atoms with Crippen molar-refractivity contribution in [3.8, 4) is 0 Å². The fraction of sp³-hybridized carbons (Fsp3) is 0.462. The molecule has 0 saturated carbocycles. The highest BCUT2D eigenvalue weighted by atomic mass is 19.1. The quantitative estimate of drug-likeness (QED) is 0.870. The molecular weight excluding hydrogens is 219 g/mol. The van der Waals surface area contributed by atoms with Crippen molar-refractivity contribution < 1.29 is 9.18 Å². The second kappa shape index (κ2) is 5.27. The van der Waals surface area contributed by atoms with Crippen LogP contribution in [0.4, 0.5) is 4.39 Å². The predicted octanol–water partition coefficient (Wildman–Crippen LogP) is 1.84. The van der Waals surface area contributed by atoms with Crippen LogP contribution in [0.2, 0.25) is 0 Å². The van der Waals surface area contributed by atoms with E-state index in [2.05, 4.69) is 0 Å². The summed E-state index contributed by atoms with van der Waals surface area (Å²) in [7, 11) is 0. The van der Waals surface area contributed by atoms with E-state index in [1.807, 2.05) is 4.90 Å². The molecule has 1 aliphatic heterocycles. The Balaban J connectivity index is 1.93. The first-order valence-electron chi connectivity index (χ1n) is 5.95. The van der Waals surface area contributed by atoms with E-state index in [1.54, 1.807) is 12.1 Å². The van der Waals surface area contributed by atoms with Crippen molar-refractivity contribution in [1.29, 1.82) is 0 Å². The lowest BCUT2D eigenvalue weighted by Crippen LogP contribution is -2.30. The maximum atomic E-state index is 12.7. The summed E-state index contributed by atoms with van der Waals surface area (Å²) in [5.41, 5.74) is 6.75. The van der Waals surface area contributed by atoms with Gasteiger partial charge >= 0.3 is 0 Å². The third-order valence-corrected chi connectivity index (χ3v) is 3.15. The van der Waals surface area contributed by atoms with Crippen molar-refractivity contribution >= 4 is 5.91 Å². The molecule has 1 aliphatic rings. The van der Waals surface area contributed by atoms with Crippen LogP contribution in [0, 0.1) is 5.82 Å². The molecule has 1 fully saturated rings. The van der Waals surface area contributed by atoms with Gasteiger partial charge in [0.25, 0.3) is 0 Å². The standard InChI is InChI=1S/C13H17FN2O/c14-11-5-3-10(4-6-11)12(15)9-13(17)16-7-1-2-8-16/h3-6,12H,1-2,7-9,15H2. The SMILES string of the molecule is NC(CC(=O)N1CCCC1)c1ccc(F)cc1. The van der Waals surface area contributed by atoms with Crippen LogP contribution in [-0.4, -0.2) is 23.9 Å². The Morgan fingerprint density at radius 1 is 1.29 bits per heavy atom. The van der Waals surface area contributed by atoms with Crippen LogP contribution in [0.15, 0.2) is 24.3 Å². The summed E-state index contributed by atoms with van der Waals surface area (Å²) >= 11 is 0. The van der Waals surface area contributed by atoms with E-state index in [0.717, 1.165) is 31.5 Å². The molecule has 4 heteroatoms. The van der Waals surface area contributed by atoms with E-state index < -0.39 is 0 Å². The number of halogens is 1. The molecule has 0 bridgehead atoms. The summed E-state index contributed by atoms with van der Waals surface area (Å²) in [4.78, 5) is 13.7. The molecule has 1 aromatic carbocycles. The van der Waals surface area contributed by atoms with Gasteiger partial charge in [0.05, 0.1) is 0 Å². The average Bonchev–Trinajstić information content (AvgIpc) is 2.83. The van der Waals surface area contributed by atoms with Crippen LogP contribution in [0.1, 0.15) is 30.9 Å². The monoisotopic (exact) mass is 236 g/mol. The van der Waals surface area contributed by atoms with Crippen molar-refractivity contribution in [3.63, 3.8) is 0 Å². The molecule has 92 valence electrons. The van der Waals surface area contributed by atoms with Crippen LogP contribution in [-0.2, 0) is 4.79 Å². The van der Waals surface area contributed by atoms with Gasteiger partial charge in [-0.2, -0.15) is 0 Å². The number of benzene rings is 1. The Hall–Kier alpha value is -1.42. The number of nitrogens with two attached hydrogens (primary N) is 1. The van der Waals surface area contributed by atoms with E-state index in [9.17, 15) is 9.18 Å². The number of rotatable bonds is 3. The molecule has 0 radical (unpaired) electrons. The van der Waals surface area contributed by atoms with Gasteiger partial charge in [0.15, 0.2) is 0 Å². The smallest absolute Gasteiger partial charge is 0.224 e. The van der Waals surface area contributed by atoms with Crippen molar-refractivity contribution in [2.75, 3.05) is 13.1 Å². The molecule has 1 saturated heterocycles. The van der Waals surface area contributed by atoms with Crippen LogP contribution in [0.3, 0.4) is 0 Å². The topological polar surface area (TPSA) is 46.3 Å². The molecule has 1 heterocycles. The zero-order valence-corrected chi connectivity index (χ0v) is 9.73. The number of likely N-dealkylation sites (tertiary alicyclic amines) is 1. The maximum absolute atomic E-state index is 12.7. The molecule has 0 aromatic heterocycles. The Bertz CT molecular complexity index is 385. The highest BCUT2D eigenvalue weighted by Gasteiger charge is 2.20. The summed E-state index contributed by atoms with van der Waals surface area (Å²) in [5.74, 6) is -0.189. The van der Waals surface area contributed by atoms with E-state index in [1.165, 1.54) is 12.1 Å². The molecule has 1 amide bonds. The lowest BCUT2D eigenvalue weighted by molar-refractivity contribution is -0.130. The highest BCUT2D eigenvalue weighted by molar-refractivity contribution is 5.77. The summed E-state index contributed by atoms with van der Waals surface area (Å²) in [6.07, 6.45) is 2.46. The van der Waals surface area contributed by atoms with E-state index in [-0.39, 0.29) is 17.8 Å². The molecule has 0 spiro atoms. The number of nitrogens with zero attached hydrogens (tertiary/aromatic N) is 1. The zero-order valence-electron chi connectivity index (χ0n) is 9.73. The maximum Gasteiger partial charge on any atom is 0.224 e. The Labute approximate surface area is 100 Å². The number of hydrogen-bond donors (Lipinski definition) is 1. The first-order chi connectivity index (χ1) is 8.16. The molecule has 1 atom stereocenters. The van der Waals surface area contributed by atoms with Gasteiger partial charge in [-0.05, 0) is 30.5 Å². The fourth-order valence-corrected chi connectivity index (χ4v) is 2.11. The summed E-state index contributed by atoms with van der Waals surface area (Å²) < 4.78 is 12.7. The first kappa shape index (κ1) is 12.0. The van der Waals surface area contributed by atoms with Gasteiger partial charge in [0.2, 0.25) is 5.91 Å². The first-order valence-corrected chi connectivity index (χ1v) is 5.95. The summed E-state index contributed by atoms with van der Waals surface area (Å²) in [5, 5.41) is 0. The lowest BCUT2D eigenvalue weighted by Gasteiger charge is -2.18. The van der Waals surface area contributed by atoms with Crippen molar-refractivity contribution in [3.05, 3.63) is 35.6 Å². The Morgan fingerprint density at radius 3 is 2.47 bits per heavy atom. The van der Waals surface area contributed by atoms with Gasteiger partial charge < -0.3 is 10.6 Å². The average molecular weight is 236 g/mol. The van der Waals surface area contributed by atoms with E-state index in [4.69, 9.17) is 5.73 Å². The van der Waals surface area contributed by atoms with E-state index in [0.29, 0.717) is 6.42 Å². The van der Waals surface area contributed by atoms with Gasteiger partial charge in [0, 0.05) is 25.6 Å². The van der Waals surface area contributed by atoms with Crippen LogP contribution >= 0.6 is 0 Å². The lowest BCUT2D eigenvalue weighted by atomic mass is 10.0. The zero-order chi connectivity index (χ0) is 12.3. The molecule has 17 heavy (non-hydrogen) atoms. The second-order valence-corrected chi connectivity index (χ2v) is 4.45. The van der Waals surface area contributed by atoms with Crippen molar-refractivity contribution in [2.24, 2.45) is 5.73 Å². The van der Waals surface area contributed by atoms with E-state index >= 15 is 0 Å². The summed E-state index contributed by atoms with van der Waals surface area (Å²) in [6, 6.07) is 5.67. The minimum absolute atomic E-state index is 0.0966. The van der Waals surface area contributed by atoms with Crippen LogP contribution in [0.25, 0.3) is 0 Å². The molecule has 2 rings (SSSR count). The number of hydrogen-bond acceptors (Lipinski definition) is 2. The third-order valence-electron chi connectivity index (χ3n) is 3.15. The number of carbonyl (C=O) groups excluding carboxylic acids is 1. The molecule has 1 aromatic rings. The fourth-order valence-electron chi connectivity index (χ4n) is 2.11. The van der Waals surface area contributed by atoms with Gasteiger partial charge in [-0.3, -0.25) is 4.79 Å². The molecular formula is C13H17FN2O. The predicted molar refractivity (Wildman–Crippen MR) is 63.8 cm³/mol. The van der Waals surface area contributed by atoms with Gasteiger partial charge in [-0.1, -0.05) is 12.1 Å². The molecule has 3 nitrogen and oxygen atoms in total. The van der Waals surface area contributed by atoms with Crippen LogP contribution < -0.4 is 5.73 Å². The third kappa shape index (κ3) is 3.03. The minimum atomic E-state index is -0.344. The Kier molecular flexibility index (Phi) is 3.74. The van der Waals surface area contributed by atoms with Crippen molar-refractivity contribution in [2.45, 2.75) is 25.3 Å². The minimum Gasteiger partial charge on any atom is -0.343 e. The summed E-state index contributed by atoms with van der Waals surface area (Å²) in [6.45, 7) is 1.68. The molecule has 1 unspecified atom stereocenters. The molecule has 2 N–H and O–H groups in total. The highest BCUT2D eigenvalue weighted by Crippen LogP contribution is 2.17. The Morgan fingerprint density at radius 2 is 1.88 bits per heavy atom. The second-order valence-electron chi connectivity index (χ2n) is 4.45.